The van der Waals surface area contributed by atoms with Crippen LogP contribution in [0.15, 0.2) is 15.9 Å². The van der Waals surface area contributed by atoms with Crippen molar-refractivity contribution in [1.82, 2.24) is 4.72 Å². The summed E-state index contributed by atoms with van der Waals surface area (Å²) in [5.74, 6) is 0.234. The van der Waals surface area contributed by atoms with Gasteiger partial charge in [0.05, 0.1) is 9.54 Å². The first-order chi connectivity index (χ1) is 7.53. The predicted octanol–water partition coefficient (Wildman–Crippen LogP) is 2.77. The van der Waals surface area contributed by atoms with Gasteiger partial charge in [-0.05, 0) is 40.9 Å². The number of hydrogen-bond acceptors (Lipinski definition) is 3. The summed E-state index contributed by atoms with van der Waals surface area (Å²) in [6.45, 7) is 2.47. The molecule has 0 amide bonds. The molecule has 0 fully saturated rings. The zero-order valence-electron chi connectivity index (χ0n) is 9.20. The lowest BCUT2D eigenvalue weighted by molar-refractivity contribution is 0.578. The van der Waals surface area contributed by atoms with Crippen LogP contribution in [0.5, 0.6) is 0 Å². The van der Waals surface area contributed by atoms with Crippen LogP contribution < -0.4 is 4.72 Å². The molecule has 0 aliphatic heterocycles. The lowest BCUT2D eigenvalue weighted by atomic mass is 10.3. The van der Waals surface area contributed by atoms with E-state index in [4.69, 9.17) is 0 Å². The lowest BCUT2D eigenvalue weighted by Crippen LogP contribution is -2.28. The molecular weight excluding hydrogens is 310 g/mol. The summed E-state index contributed by atoms with van der Waals surface area (Å²) in [5.41, 5.74) is 0. The molecule has 0 saturated carbocycles. The van der Waals surface area contributed by atoms with Crippen molar-refractivity contribution >= 4 is 37.3 Å². The summed E-state index contributed by atoms with van der Waals surface area (Å²) in [4.78, 5) is 1.19. The molecule has 0 bridgehead atoms. The first kappa shape index (κ1) is 14.2. The maximum atomic E-state index is 11.5. The Hall–Kier alpha value is 0.0900. The number of rotatable bonds is 7. The van der Waals surface area contributed by atoms with E-state index in [2.05, 4.69) is 20.7 Å². The number of halogens is 1. The van der Waals surface area contributed by atoms with Crippen LogP contribution in [0.3, 0.4) is 0 Å². The van der Waals surface area contributed by atoms with Crippen LogP contribution in [0, 0.1) is 0 Å². The Bertz CT molecular complexity index is 414. The first-order valence-electron chi connectivity index (χ1n) is 5.25. The standard InChI is InChI=1S/C10H16BrNO2S2/c1-2-3-8-16(13,14)12-7-6-9-4-5-10(11)15-9/h4-5,12H,2-3,6-8H2,1H3. The summed E-state index contributed by atoms with van der Waals surface area (Å²) in [6, 6.07) is 3.99. The Labute approximate surface area is 109 Å². The van der Waals surface area contributed by atoms with E-state index in [0.717, 1.165) is 23.0 Å². The SMILES string of the molecule is CCCCS(=O)(=O)NCCc1ccc(Br)s1. The van der Waals surface area contributed by atoms with Crippen LogP contribution in [-0.2, 0) is 16.4 Å². The zero-order chi connectivity index (χ0) is 12.0. The van der Waals surface area contributed by atoms with Gasteiger partial charge in [0.2, 0.25) is 10.0 Å². The van der Waals surface area contributed by atoms with Gasteiger partial charge < -0.3 is 0 Å². The number of thiophene rings is 1. The van der Waals surface area contributed by atoms with Crippen molar-refractivity contribution in [1.29, 1.82) is 0 Å². The van der Waals surface area contributed by atoms with Gasteiger partial charge in [-0.3, -0.25) is 0 Å². The molecule has 0 aliphatic rings. The molecular formula is C10H16BrNO2S2. The number of nitrogens with one attached hydrogen (secondary N) is 1. The predicted molar refractivity (Wildman–Crippen MR) is 72.4 cm³/mol. The Balaban J connectivity index is 2.29. The van der Waals surface area contributed by atoms with Crippen molar-refractivity contribution < 1.29 is 8.42 Å². The van der Waals surface area contributed by atoms with E-state index in [9.17, 15) is 8.42 Å². The van der Waals surface area contributed by atoms with Gasteiger partial charge in [0, 0.05) is 11.4 Å². The van der Waals surface area contributed by atoms with Gasteiger partial charge in [0.15, 0.2) is 0 Å². The third-order valence-corrected chi connectivity index (χ3v) is 5.24. The molecule has 0 aromatic carbocycles. The fourth-order valence-corrected chi connectivity index (χ4v) is 3.93. The highest BCUT2D eigenvalue weighted by atomic mass is 79.9. The van der Waals surface area contributed by atoms with E-state index >= 15 is 0 Å². The molecule has 0 radical (unpaired) electrons. The van der Waals surface area contributed by atoms with Crippen molar-refractivity contribution in [2.24, 2.45) is 0 Å². The normalized spacial score (nSPS) is 11.9. The van der Waals surface area contributed by atoms with Gasteiger partial charge in [0.25, 0.3) is 0 Å². The third-order valence-electron chi connectivity index (χ3n) is 2.09. The van der Waals surface area contributed by atoms with Crippen LogP contribution in [0.1, 0.15) is 24.6 Å². The van der Waals surface area contributed by atoms with Crippen molar-refractivity contribution in [2.45, 2.75) is 26.2 Å². The molecule has 6 heteroatoms. The van der Waals surface area contributed by atoms with Gasteiger partial charge in [-0.2, -0.15) is 0 Å². The maximum Gasteiger partial charge on any atom is 0.211 e. The van der Waals surface area contributed by atoms with E-state index in [-0.39, 0.29) is 5.75 Å². The number of hydrogen-bond donors (Lipinski definition) is 1. The highest BCUT2D eigenvalue weighted by Crippen LogP contribution is 2.22. The summed E-state index contributed by atoms with van der Waals surface area (Å²) in [6.07, 6.45) is 2.38. The van der Waals surface area contributed by atoms with E-state index in [0.29, 0.717) is 6.54 Å². The van der Waals surface area contributed by atoms with E-state index in [1.54, 1.807) is 11.3 Å². The minimum Gasteiger partial charge on any atom is -0.215 e. The lowest BCUT2D eigenvalue weighted by Gasteiger charge is -2.04. The second kappa shape index (κ2) is 6.74. The number of sulfonamides is 1. The number of unbranched alkanes of at least 4 members (excludes halogenated alkanes) is 1. The Morgan fingerprint density at radius 2 is 2.19 bits per heavy atom. The summed E-state index contributed by atoms with van der Waals surface area (Å²) in [7, 11) is -3.06. The zero-order valence-corrected chi connectivity index (χ0v) is 12.4. The van der Waals surface area contributed by atoms with Crippen molar-refractivity contribution in [3.63, 3.8) is 0 Å². The third kappa shape index (κ3) is 5.43. The Morgan fingerprint density at radius 3 is 2.75 bits per heavy atom. The molecule has 1 heterocycles. The average Bonchev–Trinajstić information content (AvgIpc) is 2.61. The monoisotopic (exact) mass is 325 g/mol. The molecule has 16 heavy (non-hydrogen) atoms. The van der Waals surface area contributed by atoms with Gasteiger partial charge in [-0.25, -0.2) is 13.1 Å². The molecule has 0 atom stereocenters. The van der Waals surface area contributed by atoms with Crippen LogP contribution >= 0.6 is 27.3 Å². The van der Waals surface area contributed by atoms with Crippen LogP contribution in [0.25, 0.3) is 0 Å². The second-order valence-corrected chi connectivity index (χ2v) is 8.00. The average molecular weight is 326 g/mol. The Kier molecular flexibility index (Phi) is 5.96. The largest absolute Gasteiger partial charge is 0.215 e. The topological polar surface area (TPSA) is 46.2 Å². The van der Waals surface area contributed by atoms with Gasteiger partial charge in [-0.15, -0.1) is 11.3 Å². The fraction of sp³-hybridized carbons (Fsp3) is 0.600. The van der Waals surface area contributed by atoms with Crippen LogP contribution in [0.2, 0.25) is 0 Å². The quantitative estimate of drug-likeness (QED) is 0.837. The van der Waals surface area contributed by atoms with Gasteiger partial charge >= 0.3 is 0 Å². The maximum absolute atomic E-state index is 11.5. The van der Waals surface area contributed by atoms with Crippen molar-refractivity contribution in [3.05, 3.63) is 20.8 Å². The van der Waals surface area contributed by atoms with E-state index < -0.39 is 10.0 Å². The van der Waals surface area contributed by atoms with E-state index in [1.165, 1.54) is 4.88 Å². The molecule has 0 saturated heterocycles. The van der Waals surface area contributed by atoms with Crippen molar-refractivity contribution in [3.8, 4) is 0 Å². The van der Waals surface area contributed by atoms with Crippen molar-refractivity contribution in [2.75, 3.05) is 12.3 Å². The van der Waals surface area contributed by atoms with Crippen LogP contribution in [0.4, 0.5) is 0 Å². The molecule has 3 nitrogen and oxygen atoms in total. The molecule has 1 rings (SSSR count). The first-order valence-corrected chi connectivity index (χ1v) is 8.51. The summed E-state index contributed by atoms with van der Waals surface area (Å²) in [5, 5.41) is 0. The van der Waals surface area contributed by atoms with Gasteiger partial charge in [-0.1, -0.05) is 13.3 Å². The van der Waals surface area contributed by atoms with E-state index in [1.807, 2.05) is 19.1 Å². The molecule has 1 aromatic rings. The smallest absolute Gasteiger partial charge is 0.211 e. The summed E-state index contributed by atoms with van der Waals surface area (Å²) < 4.78 is 26.6. The van der Waals surface area contributed by atoms with Crippen LogP contribution in [-0.4, -0.2) is 20.7 Å². The molecule has 0 spiro atoms. The molecule has 0 aliphatic carbocycles. The molecule has 1 aromatic heterocycles. The molecule has 1 N–H and O–H groups in total. The fourth-order valence-electron chi connectivity index (χ4n) is 1.22. The minimum atomic E-state index is -3.06. The highest BCUT2D eigenvalue weighted by molar-refractivity contribution is 9.11. The van der Waals surface area contributed by atoms with Gasteiger partial charge in [0.1, 0.15) is 0 Å². The second-order valence-electron chi connectivity index (χ2n) is 3.52. The minimum absolute atomic E-state index is 0.234. The Morgan fingerprint density at radius 1 is 1.44 bits per heavy atom. The molecule has 92 valence electrons. The highest BCUT2D eigenvalue weighted by Gasteiger charge is 2.08. The molecule has 0 unspecified atom stereocenters. The summed E-state index contributed by atoms with van der Waals surface area (Å²) >= 11 is 5.02.